The van der Waals surface area contributed by atoms with Gasteiger partial charge in [-0.3, -0.25) is 9.52 Å². The van der Waals surface area contributed by atoms with Gasteiger partial charge in [0.25, 0.3) is 5.12 Å². The SMILES string of the molecule is CCCc1nc2c(C)nc(N(C)C)nc2n1Cc1ccc(-c2ccsc2NS(=O)(=O)C(=O)c2ccccc2)cc1. The van der Waals surface area contributed by atoms with Crippen molar-refractivity contribution in [3.63, 3.8) is 0 Å². The maximum Gasteiger partial charge on any atom is 0.301 e. The number of hydrogen-bond donors (Lipinski definition) is 1. The second kappa shape index (κ2) is 11.2. The lowest BCUT2D eigenvalue weighted by Crippen LogP contribution is -2.22. The van der Waals surface area contributed by atoms with Crippen molar-refractivity contribution in [2.45, 2.75) is 33.2 Å². The molecular weight excluding hydrogens is 544 g/mol. The molecule has 3 aromatic heterocycles. The van der Waals surface area contributed by atoms with Crippen molar-refractivity contribution in [3.05, 3.63) is 88.7 Å². The standard InChI is InChI=1S/C29H30N6O3S2/c1-5-9-24-31-25-19(2)30-29(34(3)4)32-26(25)35(24)18-20-12-14-21(15-13-20)23-16-17-39-27(23)33-40(37,38)28(36)22-10-7-6-8-11-22/h6-8,10-17,33H,5,9,18H2,1-4H3. The Bertz CT molecular complexity index is 1780. The van der Waals surface area contributed by atoms with Crippen molar-refractivity contribution in [3.8, 4) is 11.1 Å². The van der Waals surface area contributed by atoms with Crippen LogP contribution in [-0.4, -0.2) is 47.1 Å². The summed E-state index contributed by atoms with van der Waals surface area (Å²) in [5, 5.41) is 1.23. The molecule has 0 saturated carbocycles. The molecule has 2 aromatic carbocycles. The Balaban J connectivity index is 1.42. The highest BCUT2D eigenvalue weighted by molar-refractivity contribution is 8.07. The van der Waals surface area contributed by atoms with Crippen LogP contribution >= 0.6 is 11.3 Å². The molecule has 1 N–H and O–H groups in total. The van der Waals surface area contributed by atoms with E-state index < -0.39 is 15.1 Å². The Kier molecular flexibility index (Phi) is 7.68. The van der Waals surface area contributed by atoms with E-state index in [0.717, 1.165) is 46.7 Å². The number of carbonyl (C=O) groups excluding carboxylic acids is 1. The molecular formula is C29H30N6O3S2. The molecule has 9 nitrogen and oxygen atoms in total. The molecule has 40 heavy (non-hydrogen) atoms. The topological polar surface area (TPSA) is 110 Å². The molecule has 5 rings (SSSR count). The summed E-state index contributed by atoms with van der Waals surface area (Å²) < 4.78 is 30.3. The minimum atomic E-state index is -4.26. The molecule has 0 radical (unpaired) electrons. The minimum Gasteiger partial charge on any atom is -0.347 e. The van der Waals surface area contributed by atoms with Gasteiger partial charge in [0.05, 0.1) is 12.2 Å². The third-order valence-electron chi connectivity index (χ3n) is 6.46. The number of nitrogens with one attached hydrogen (secondary N) is 1. The number of thiophene rings is 1. The van der Waals surface area contributed by atoms with E-state index in [2.05, 4.69) is 21.2 Å². The molecule has 0 aliphatic carbocycles. The van der Waals surface area contributed by atoms with E-state index >= 15 is 0 Å². The van der Waals surface area contributed by atoms with Gasteiger partial charge >= 0.3 is 10.0 Å². The zero-order valence-electron chi connectivity index (χ0n) is 22.7. The Hall–Kier alpha value is -4.09. The third kappa shape index (κ3) is 5.47. The molecule has 0 aliphatic rings. The third-order valence-corrected chi connectivity index (χ3v) is 8.62. The summed E-state index contributed by atoms with van der Waals surface area (Å²) in [6.45, 7) is 4.67. The molecule has 0 unspecified atom stereocenters. The predicted octanol–water partition coefficient (Wildman–Crippen LogP) is 5.51. The number of nitrogens with zero attached hydrogens (tertiary/aromatic N) is 5. The normalized spacial score (nSPS) is 11.6. The molecule has 0 spiro atoms. The maximum absolute atomic E-state index is 12.8. The molecule has 0 bridgehead atoms. The molecule has 206 valence electrons. The Morgan fingerprint density at radius 2 is 1.73 bits per heavy atom. The van der Waals surface area contributed by atoms with Crippen molar-refractivity contribution in [2.75, 3.05) is 23.7 Å². The van der Waals surface area contributed by atoms with Crippen LogP contribution in [0.15, 0.2) is 66.0 Å². The number of sulfonamides is 1. The number of anilines is 2. The van der Waals surface area contributed by atoms with Crippen molar-refractivity contribution in [1.29, 1.82) is 0 Å². The number of fused-ring (bicyclic) bond motifs is 1. The van der Waals surface area contributed by atoms with E-state index in [1.165, 1.54) is 23.5 Å². The fourth-order valence-corrected chi connectivity index (χ4v) is 6.50. The molecule has 0 saturated heterocycles. The highest BCUT2D eigenvalue weighted by atomic mass is 32.2. The van der Waals surface area contributed by atoms with E-state index in [9.17, 15) is 13.2 Å². The number of aromatic nitrogens is 4. The van der Waals surface area contributed by atoms with Crippen LogP contribution in [0, 0.1) is 6.92 Å². The van der Waals surface area contributed by atoms with Crippen LogP contribution in [0.2, 0.25) is 0 Å². The summed E-state index contributed by atoms with van der Waals surface area (Å²) in [5.41, 5.74) is 5.18. The lowest BCUT2D eigenvalue weighted by Gasteiger charge is -2.13. The number of rotatable bonds is 9. The number of aryl methyl sites for hydroxylation is 2. The van der Waals surface area contributed by atoms with Crippen molar-refractivity contribution < 1.29 is 13.2 Å². The average molecular weight is 575 g/mol. The molecule has 0 fully saturated rings. The number of benzene rings is 2. The summed E-state index contributed by atoms with van der Waals surface area (Å²) >= 11 is 1.23. The Morgan fingerprint density at radius 3 is 2.40 bits per heavy atom. The second-order valence-electron chi connectivity index (χ2n) is 9.66. The first kappa shape index (κ1) is 27.5. The van der Waals surface area contributed by atoms with Gasteiger partial charge in [0.1, 0.15) is 16.3 Å². The molecule has 11 heteroatoms. The smallest absolute Gasteiger partial charge is 0.301 e. The molecule has 5 aromatic rings. The highest BCUT2D eigenvalue weighted by Gasteiger charge is 2.25. The lowest BCUT2D eigenvalue weighted by molar-refractivity contribution is 0.107. The number of imidazole rings is 1. The zero-order chi connectivity index (χ0) is 28.4. The van der Waals surface area contributed by atoms with Gasteiger partial charge in [-0.25, -0.2) is 9.97 Å². The molecule has 0 aliphatic heterocycles. The van der Waals surface area contributed by atoms with Crippen molar-refractivity contribution in [1.82, 2.24) is 19.5 Å². The quantitative estimate of drug-likeness (QED) is 0.247. The van der Waals surface area contributed by atoms with Gasteiger partial charge in [0.15, 0.2) is 5.65 Å². The van der Waals surface area contributed by atoms with Crippen molar-refractivity contribution >= 4 is 48.6 Å². The summed E-state index contributed by atoms with van der Waals surface area (Å²) in [5.74, 6) is 1.61. The van der Waals surface area contributed by atoms with E-state index in [1.807, 2.05) is 56.3 Å². The fraction of sp³-hybridized carbons (Fsp3) is 0.241. The number of carbonyl (C=O) groups is 1. The summed E-state index contributed by atoms with van der Waals surface area (Å²) in [6, 6.07) is 17.8. The van der Waals surface area contributed by atoms with E-state index in [-0.39, 0.29) is 5.56 Å². The Morgan fingerprint density at radius 1 is 1.00 bits per heavy atom. The van der Waals surface area contributed by atoms with Crippen LogP contribution in [-0.2, 0) is 23.0 Å². The van der Waals surface area contributed by atoms with Gasteiger partial charge in [-0.15, -0.1) is 11.3 Å². The van der Waals surface area contributed by atoms with Gasteiger partial charge in [-0.2, -0.15) is 13.4 Å². The van der Waals surface area contributed by atoms with Crippen LogP contribution in [0.1, 0.15) is 40.8 Å². The Labute approximate surface area is 237 Å². The monoisotopic (exact) mass is 574 g/mol. The van der Waals surface area contributed by atoms with Gasteiger partial charge in [0.2, 0.25) is 5.95 Å². The second-order valence-corrected chi connectivity index (χ2v) is 12.2. The fourth-order valence-electron chi connectivity index (χ4n) is 4.43. The lowest BCUT2D eigenvalue weighted by atomic mass is 10.1. The van der Waals surface area contributed by atoms with E-state index in [0.29, 0.717) is 23.1 Å². The van der Waals surface area contributed by atoms with E-state index in [4.69, 9.17) is 9.97 Å². The van der Waals surface area contributed by atoms with Crippen molar-refractivity contribution in [2.24, 2.45) is 0 Å². The summed E-state index contributed by atoms with van der Waals surface area (Å²) in [7, 11) is -0.418. The first-order valence-corrected chi connectivity index (χ1v) is 15.2. The van der Waals surface area contributed by atoms with Gasteiger partial charge < -0.3 is 9.47 Å². The molecule has 0 amide bonds. The van der Waals surface area contributed by atoms with Crippen LogP contribution in [0.4, 0.5) is 10.9 Å². The minimum absolute atomic E-state index is 0.116. The highest BCUT2D eigenvalue weighted by Crippen LogP contribution is 2.34. The van der Waals surface area contributed by atoms with Crippen LogP contribution < -0.4 is 9.62 Å². The predicted molar refractivity (Wildman–Crippen MR) is 161 cm³/mol. The van der Waals surface area contributed by atoms with Crippen LogP contribution in [0.5, 0.6) is 0 Å². The average Bonchev–Trinajstić information content (AvgIpc) is 3.54. The largest absolute Gasteiger partial charge is 0.347 e. The molecule has 0 atom stereocenters. The van der Waals surface area contributed by atoms with Gasteiger partial charge in [0, 0.05) is 31.6 Å². The first-order valence-electron chi connectivity index (χ1n) is 12.9. The summed E-state index contributed by atoms with van der Waals surface area (Å²) in [4.78, 5) is 28.8. The number of hydrogen-bond acceptors (Lipinski definition) is 8. The van der Waals surface area contributed by atoms with Crippen LogP contribution in [0.3, 0.4) is 0 Å². The van der Waals surface area contributed by atoms with Gasteiger partial charge in [-0.1, -0.05) is 61.5 Å². The van der Waals surface area contributed by atoms with Gasteiger partial charge in [-0.05, 0) is 35.9 Å². The maximum atomic E-state index is 12.8. The zero-order valence-corrected chi connectivity index (χ0v) is 24.4. The first-order chi connectivity index (χ1) is 19.2. The summed E-state index contributed by atoms with van der Waals surface area (Å²) in [6.07, 6.45) is 1.78. The molecule has 3 heterocycles. The van der Waals surface area contributed by atoms with E-state index in [1.54, 1.807) is 23.6 Å². The van der Waals surface area contributed by atoms with Crippen LogP contribution in [0.25, 0.3) is 22.3 Å².